The molecule has 3 aliphatic rings. The fourth-order valence-electron chi connectivity index (χ4n) is 4.83. The molecule has 1 saturated carbocycles. The summed E-state index contributed by atoms with van der Waals surface area (Å²) in [6.45, 7) is 0.732. The number of carbonyl (C=O) groups is 3. The first-order valence-corrected chi connectivity index (χ1v) is 11.9. The summed E-state index contributed by atoms with van der Waals surface area (Å²) in [7, 11) is 1.55. The number of carbonyl (C=O) groups excluding carboxylic acids is 3. The molecule has 2 heterocycles. The number of likely N-dealkylation sites (tertiary alicyclic amines) is 1. The third-order valence-corrected chi connectivity index (χ3v) is 6.95. The zero-order valence-corrected chi connectivity index (χ0v) is 19.5. The first-order chi connectivity index (χ1) is 16.9. The summed E-state index contributed by atoms with van der Waals surface area (Å²) in [6.07, 6.45) is 2.58. The molecule has 1 unspecified atom stereocenters. The zero-order chi connectivity index (χ0) is 24.6. The second-order valence-electron chi connectivity index (χ2n) is 9.26. The molecule has 35 heavy (non-hydrogen) atoms. The van der Waals surface area contributed by atoms with E-state index in [0.717, 1.165) is 12.8 Å². The quantitative estimate of drug-likeness (QED) is 0.709. The van der Waals surface area contributed by atoms with Crippen molar-refractivity contribution in [3.05, 3.63) is 65.5 Å². The number of amides is 3. The predicted molar refractivity (Wildman–Crippen MR) is 124 cm³/mol. The average molecular weight is 482 g/mol. The van der Waals surface area contributed by atoms with Gasteiger partial charge in [-0.2, -0.15) is 0 Å². The summed E-state index contributed by atoms with van der Waals surface area (Å²) < 4.78 is 25.0. The van der Waals surface area contributed by atoms with Gasteiger partial charge in [0.25, 0.3) is 11.8 Å². The maximum atomic E-state index is 13.7. The standard InChI is InChI=1S/C26H28FN3O5/c1-34-21-9-5-17(6-10-21)25(33)30-22(23(31)28-20-7-8-20)16-35-26(30)11-13-29(14-12-26)24(32)18-3-2-4-19(27)15-18/h2-6,9-10,15,20,22H,7-8,11-14,16H2,1H3,(H,28,31). The highest BCUT2D eigenvalue weighted by Gasteiger charge is 2.54. The van der Waals surface area contributed by atoms with Crippen LogP contribution in [0.15, 0.2) is 48.5 Å². The second kappa shape index (κ2) is 9.30. The van der Waals surface area contributed by atoms with E-state index in [1.165, 1.54) is 18.2 Å². The van der Waals surface area contributed by atoms with Gasteiger partial charge in [-0.05, 0) is 55.3 Å². The number of piperidine rings is 1. The Morgan fingerprint density at radius 3 is 2.37 bits per heavy atom. The van der Waals surface area contributed by atoms with Gasteiger partial charge in [-0.15, -0.1) is 0 Å². The molecule has 0 aromatic heterocycles. The fraction of sp³-hybridized carbons (Fsp3) is 0.423. The Labute approximate surface area is 203 Å². The molecule has 0 bridgehead atoms. The van der Waals surface area contributed by atoms with Gasteiger partial charge in [-0.25, -0.2) is 4.39 Å². The molecular weight excluding hydrogens is 453 g/mol. The van der Waals surface area contributed by atoms with E-state index in [9.17, 15) is 18.8 Å². The Bertz CT molecular complexity index is 1130. The van der Waals surface area contributed by atoms with E-state index in [4.69, 9.17) is 9.47 Å². The number of ether oxygens (including phenoxy) is 2. The largest absolute Gasteiger partial charge is 0.497 e. The lowest BCUT2D eigenvalue weighted by molar-refractivity contribution is -0.128. The van der Waals surface area contributed by atoms with Crippen LogP contribution in [0.25, 0.3) is 0 Å². The molecule has 2 aromatic carbocycles. The summed E-state index contributed by atoms with van der Waals surface area (Å²) in [5.74, 6) is -0.630. The number of halogens is 1. The molecular formula is C26H28FN3O5. The van der Waals surface area contributed by atoms with Crippen molar-refractivity contribution >= 4 is 17.7 Å². The maximum Gasteiger partial charge on any atom is 0.256 e. The molecule has 5 rings (SSSR count). The van der Waals surface area contributed by atoms with Crippen LogP contribution in [-0.4, -0.2) is 72.1 Å². The number of hydrogen-bond acceptors (Lipinski definition) is 5. The zero-order valence-electron chi connectivity index (χ0n) is 19.5. The van der Waals surface area contributed by atoms with Gasteiger partial charge in [0, 0.05) is 43.1 Å². The van der Waals surface area contributed by atoms with Gasteiger partial charge in [-0.1, -0.05) is 6.07 Å². The molecule has 1 aliphatic carbocycles. The van der Waals surface area contributed by atoms with Crippen LogP contribution < -0.4 is 10.1 Å². The Hall–Kier alpha value is -3.46. The highest BCUT2D eigenvalue weighted by molar-refractivity contribution is 5.99. The topological polar surface area (TPSA) is 88.2 Å². The van der Waals surface area contributed by atoms with Crippen LogP contribution in [0.4, 0.5) is 4.39 Å². The summed E-state index contributed by atoms with van der Waals surface area (Å²) in [6, 6.07) is 11.8. The highest BCUT2D eigenvalue weighted by Crippen LogP contribution is 2.39. The van der Waals surface area contributed by atoms with Gasteiger partial charge in [-0.3, -0.25) is 19.3 Å². The number of hydrogen-bond donors (Lipinski definition) is 1. The van der Waals surface area contributed by atoms with Crippen molar-refractivity contribution in [2.24, 2.45) is 0 Å². The van der Waals surface area contributed by atoms with Crippen molar-refractivity contribution in [3.8, 4) is 5.75 Å². The Balaban J connectivity index is 1.37. The first-order valence-electron chi connectivity index (χ1n) is 11.9. The van der Waals surface area contributed by atoms with Crippen LogP contribution in [0.1, 0.15) is 46.4 Å². The lowest BCUT2D eigenvalue weighted by atomic mass is 9.96. The minimum atomic E-state index is -0.999. The monoisotopic (exact) mass is 481 g/mol. The van der Waals surface area contributed by atoms with Gasteiger partial charge >= 0.3 is 0 Å². The Morgan fingerprint density at radius 2 is 1.74 bits per heavy atom. The molecule has 8 nitrogen and oxygen atoms in total. The van der Waals surface area contributed by atoms with E-state index in [-0.39, 0.29) is 35.9 Å². The van der Waals surface area contributed by atoms with Crippen LogP contribution in [-0.2, 0) is 9.53 Å². The van der Waals surface area contributed by atoms with Gasteiger partial charge in [0.1, 0.15) is 23.3 Å². The van der Waals surface area contributed by atoms with E-state index >= 15 is 0 Å². The van der Waals surface area contributed by atoms with Gasteiger partial charge in [0.05, 0.1) is 13.7 Å². The SMILES string of the molecule is COc1ccc(C(=O)N2C(C(=O)NC3CC3)COC23CCN(C(=O)c2cccc(F)c2)CC3)cc1. The molecule has 1 N–H and O–H groups in total. The minimum absolute atomic E-state index is 0.0955. The molecule has 3 amide bonds. The van der Waals surface area contributed by atoms with Gasteiger partial charge in [0.2, 0.25) is 5.91 Å². The number of nitrogens with zero attached hydrogens (tertiary/aromatic N) is 2. The lowest BCUT2D eigenvalue weighted by Crippen LogP contribution is -2.60. The molecule has 1 spiro atoms. The summed E-state index contributed by atoms with van der Waals surface area (Å²) >= 11 is 0. The van der Waals surface area contributed by atoms with E-state index < -0.39 is 17.6 Å². The highest BCUT2D eigenvalue weighted by atomic mass is 19.1. The first kappa shape index (κ1) is 23.3. The third kappa shape index (κ3) is 4.60. The van der Waals surface area contributed by atoms with E-state index in [2.05, 4.69) is 5.32 Å². The molecule has 1 atom stereocenters. The summed E-state index contributed by atoms with van der Waals surface area (Å²) in [4.78, 5) is 42.9. The van der Waals surface area contributed by atoms with Crippen LogP contribution in [0.3, 0.4) is 0 Å². The van der Waals surface area contributed by atoms with Crippen molar-refractivity contribution in [1.29, 1.82) is 0 Å². The Kier molecular flexibility index (Phi) is 6.19. The molecule has 2 saturated heterocycles. The molecule has 2 aromatic rings. The molecule has 0 radical (unpaired) electrons. The fourth-order valence-corrected chi connectivity index (χ4v) is 4.83. The molecule has 184 valence electrons. The smallest absolute Gasteiger partial charge is 0.256 e. The number of benzene rings is 2. The van der Waals surface area contributed by atoms with Crippen molar-refractivity contribution < 1.29 is 28.2 Å². The second-order valence-corrected chi connectivity index (χ2v) is 9.26. The van der Waals surface area contributed by atoms with Gasteiger partial charge < -0.3 is 19.7 Å². The van der Waals surface area contributed by atoms with Crippen molar-refractivity contribution in [3.63, 3.8) is 0 Å². The summed E-state index contributed by atoms with van der Waals surface area (Å²) in [5, 5.41) is 2.99. The number of nitrogens with one attached hydrogen (secondary N) is 1. The van der Waals surface area contributed by atoms with E-state index in [1.807, 2.05) is 0 Å². The Morgan fingerprint density at radius 1 is 1.03 bits per heavy atom. The average Bonchev–Trinajstić information content (AvgIpc) is 3.62. The molecule has 3 fully saturated rings. The van der Waals surface area contributed by atoms with Crippen molar-refractivity contribution in [1.82, 2.24) is 15.1 Å². The van der Waals surface area contributed by atoms with Crippen molar-refractivity contribution in [2.75, 3.05) is 26.8 Å². The summed E-state index contributed by atoms with van der Waals surface area (Å²) in [5.41, 5.74) is -0.291. The maximum absolute atomic E-state index is 13.7. The lowest BCUT2D eigenvalue weighted by Gasteiger charge is -2.44. The van der Waals surface area contributed by atoms with Crippen LogP contribution in [0.2, 0.25) is 0 Å². The number of rotatable bonds is 5. The normalized spacial score (nSPS) is 21.1. The van der Waals surface area contributed by atoms with Gasteiger partial charge in [0.15, 0.2) is 0 Å². The predicted octanol–water partition coefficient (Wildman–Crippen LogP) is 2.59. The van der Waals surface area contributed by atoms with Crippen molar-refractivity contribution in [2.45, 2.75) is 43.5 Å². The molecule has 2 aliphatic heterocycles. The third-order valence-electron chi connectivity index (χ3n) is 6.95. The van der Waals surface area contributed by atoms with Crippen LogP contribution >= 0.6 is 0 Å². The molecule has 9 heteroatoms. The van der Waals surface area contributed by atoms with E-state index in [1.54, 1.807) is 47.2 Å². The van der Waals surface area contributed by atoms with Crippen LogP contribution in [0.5, 0.6) is 5.75 Å². The van der Waals surface area contributed by atoms with Crippen LogP contribution in [0, 0.1) is 5.82 Å². The minimum Gasteiger partial charge on any atom is -0.497 e. The van der Waals surface area contributed by atoms with E-state index in [0.29, 0.717) is 37.2 Å². The number of methoxy groups -OCH3 is 1.